The van der Waals surface area contributed by atoms with Crippen molar-refractivity contribution in [2.24, 2.45) is 0 Å². The Labute approximate surface area is 190 Å². The van der Waals surface area contributed by atoms with Gasteiger partial charge >= 0.3 is 6.03 Å². The number of thiazole rings is 1. The number of nitrogens with one attached hydrogen (secondary N) is 3. The summed E-state index contributed by atoms with van der Waals surface area (Å²) < 4.78 is 33.9. The van der Waals surface area contributed by atoms with E-state index in [0.717, 1.165) is 0 Å². The summed E-state index contributed by atoms with van der Waals surface area (Å²) in [5, 5.41) is 15.2. The molecular weight excluding hydrogens is 452 g/mol. The summed E-state index contributed by atoms with van der Waals surface area (Å²) in [7, 11) is -2.60. The third-order valence-corrected chi connectivity index (χ3v) is 6.80. The maximum absolute atomic E-state index is 13.1. The molecule has 0 bridgehead atoms. The molecular formula is C21H24N4O5S2. The van der Waals surface area contributed by atoms with Gasteiger partial charge in [0.2, 0.25) is 0 Å². The van der Waals surface area contributed by atoms with Crippen LogP contribution in [0.2, 0.25) is 0 Å². The molecule has 4 N–H and O–H groups in total. The zero-order valence-corrected chi connectivity index (χ0v) is 19.6. The maximum atomic E-state index is 13.1. The molecule has 0 aliphatic heterocycles. The summed E-state index contributed by atoms with van der Waals surface area (Å²) in [6.45, 7) is 5.48. The summed E-state index contributed by atoms with van der Waals surface area (Å²) in [6, 6.07) is 10.1. The van der Waals surface area contributed by atoms with Gasteiger partial charge in [0.1, 0.15) is 16.4 Å². The molecule has 11 heteroatoms. The number of ether oxygens (including phenoxy) is 1. The number of phenols is 1. The largest absolute Gasteiger partial charge is 0.508 e. The molecule has 0 aliphatic rings. The van der Waals surface area contributed by atoms with Gasteiger partial charge in [0.05, 0.1) is 17.7 Å². The highest BCUT2D eigenvalue weighted by molar-refractivity contribution is 7.92. The van der Waals surface area contributed by atoms with Gasteiger partial charge < -0.3 is 15.2 Å². The number of benzene rings is 2. The predicted octanol–water partition coefficient (Wildman–Crippen LogP) is 4.16. The first kappa shape index (κ1) is 23.4. The van der Waals surface area contributed by atoms with E-state index in [9.17, 15) is 18.3 Å². The van der Waals surface area contributed by atoms with Crippen molar-refractivity contribution in [2.75, 3.05) is 17.1 Å². The topological polar surface area (TPSA) is 130 Å². The molecule has 1 heterocycles. The number of aromatic nitrogens is 1. The second-order valence-corrected chi connectivity index (χ2v) is 9.85. The number of rotatable bonds is 7. The molecule has 0 radical (unpaired) electrons. The van der Waals surface area contributed by atoms with Crippen LogP contribution in [0.3, 0.4) is 0 Å². The van der Waals surface area contributed by atoms with Gasteiger partial charge in [-0.15, -0.1) is 0 Å². The first-order valence-corrected chi connectivity index (χ1v) is 11.9. The SMILES string of the molecule is COc1ccc(-c2sc(NC(=O)NC(C)C)nc2C)cc1S(=O)(=O)Nc1ccc(O)cc1. The van der Waals surface area contributed by atoms with Gasteiger partial charge in [0, 0.05) is 11.7 Å². The highest BCUT2D eigenvalue weighted by Gasteiger charge is 2.22. The average molecular weight is 477 g/mol. The van der Waals surface area contributed by atoms with Crippen molar-refractivity contribution >= 4 is 38.2 Å². The van der Waals surface area contributed by atoms with Crippen molar-refractivity contribution in [3.05, 3.63) is 48.2 Å². The molecule has 0 unspecified atom stereocenters. The van der Waals surface area contributed by atoms with Gasteiger partial charge in [-0.1, -0.05) is 11.3 Å². The summed E-state index contributed by atoms with van der Waals surface area (Å²) in [5.74, 6) is 0.205. The molecule has 0 saturated heterocycles. The number of aryl methyl sites for hydroxylation is 1. The molecule has 0 atom stereocenters. The molecule has 3 rings (SSSR count). The Balaban J connectivity index is 1.94. The molecule has 3 aromatic rings. The summed E-state index contributed by atoms with van der Waals surface area (Å²) in [5.41, 5.74) is 1.56. The summed E-state index contributed by atoms with van der Waals surface area (Å²) in [4.78, 5) is 17.0. The highest BCUT2D eigenvalue weighted by atomic mass is 32.2. The zero-order chi connectivity index (χ0) is 23.5. The number of hydrogen-bond acceptors (Lipinski definition) is 7. The van der Waals surface area contributed by atoms with Crippen LogP contribution in [0.25, 0.3) is 10.4 Å². The van der Waals surface area contributed by atoms with Crippen molar-refractivity contribution in [3.8, 4) is 21.9 Å². The Morgan fingerprint density at radius 1 is 1.16 bits per heavy atom. The third kappa shape index (κ3) is 5.48. The molecule has 2 aromatic carbocycles. The normalized spacial score (nSPS) is 11.3. The van der Waals surface area contributed by atoms with Gasteiger partial charge in [-0.2, -0.15) is 0 Å². The minimum absolute atomic E-state index is 0.0223. The molecule has 0 spiro atoms. The molecule has 32 heavy (non-hydrogen) atoms. The number of urea groups is 1. The van der Waals surface area contributed by atoms with Crippen LogP contribution in [-0.4, -0.2) is 37.7 Å². The molecule has 170 valence electrons. The van der Waals surface area contributed by atoms with E-state index in [1.54, 1.807) is 19.1 Å². The minimum Gasteiger partial charge on any atom is -0.508 e. The lowest BCUT2D eigenvalue weighted by molar-refractivity contribution is 0.250. The van der Waals surface area contributed by atoms with Crippen LogP contribution in [0.4, 0.5) is 15.6 Å². The van der Waals surface area contributed by atoms with E-state index in [2.05, 4.69) is 20.3 Å². The van der Waals surface area contributed by atoms with Crippen molar-refractivity contribution in [3.63, 3.8) is 0 Å². The zero-order valence-electron chi connectivity index (χ0n) is 18.0. The van der Waals surface area contributed by atoms with E-state index in [1.807, 2.05) is 13.8 Å². The molecule has 2 amide bonds. The Morgan fingerprint density at radius 2 is 1.84 bits per heavy atom. The molecule has 0 saturated carbocycles. The number of phenolic OH excluding ortho intramolecular Hbond substituents is 1. The number of sulfonamides is 1. The van der Waals surface area contributed by atoms with Crippen molar-refractivity contribution in [2.45, 2.75) is 31.7 Å². The van der Waals surface area contributed by atoms with Crippen molar-refractivity contribution in [1.82, 2.24) is 10.3 Å². The fraction of sp³-hybridized carbons (Fsp3) is 0.238. The van der Waals surface area contributed by atoms with Crippen LogP contribution in [-0.2, 0) is 10.0 Å². The number of amides is 2. The first-order chi connectivity index (χ1) is 15.1. The molecule has 0 fully saturated rings. The lowest BCUT2D eigenvalue weighted by Crippen LogP contribution is -2.34. The van der Waals surface area contributed by atoms with E-state index in [4.69, 9.17) is 4.74 Å². The van der Waals surface area contributed by atoms with E-state index in [0.29, 0.717) is 27.0 Å². The van der Waals surface area contributed by atoms with Crippen LogP contribution in [0, 0.1) is 6.92 Å². The van der Waals surface area contributed by atoms with E-state index >= 15 is 0 Å². The quantitative estimate of drug-likeness (QED) is 0.379. The Kier molecular flexibility index (Phi) is 6.90. The van der Waals surface area contributed by atoms with E-state index in [1.165, 1.54) is 48.8 Å². The summed E-state index contributed by atoms with van der Waals surface area (Å²) >= 11 is 1.24. The Hall–Kier alpha value is -3.31. The maximum Gasteiger partial charge on any atom is 0.321 e. The van der Waals surface area contributed by atoms with Crippen LogP contribution in [0.5, 0.6) is 11.5 Å². The number of carbonyl (C=O) groups is 1. The lowest BCUT2D eigenvalue weighted by atomic mass is 10.1. The molecule has 0 aliphatic carbocycles. The van der Waals surface area contributed by atoms with Crippen LogP contribution in [0.15, 0.2) is 47.4 Å². The van der Waals surface area contributed by atoms with Gasteiger partial charge in [0.25, 0.3) is 10.0 Å². The average Bonchev–Trinajstić information content (AvgIpc) is 3.08. The second-order valence-electron chi connectivity index (χ2n) is 7.20. The van der Waals surface area contributed by atoms with Crippen LogP contribution in [0.1, 0.15) is 19.5 Å². The molecule has 9 nitrogen and oxygen atoms in total. The van der Waals surface area contributed by atoms with Gasteiger partial charge in [-0.3, -0.25) is 10.0 Å². The second kappa shape index (κ2) is 9.45. The van der Waals surface area contributed by atoms with Crippen LogP contribution < -0.4 is 20.1 Å². The number of anilines is 2. The number of methoxy groups -OCH3 is 1. The van der Waals surface area contributed by atoms with Gasteiger partial charge in [-0.05, 0) is 68.8 Å². The van der Waals surface area contributed by atoms with E-state index in [-0.39, 0.29) is 28.5 Å². The minimum atomic E-state index is -3.99. The Morgan fingerprint density at radius 3 is 2.47 bits per heavy atom. The highest BCUT2D eigenvalue weighted by Crippen LogP contribution is 2.37. The van der Waals surface area contributed by atoms with E-state index < -0.39 is 10.0 Å². The third-order valence-electron chi connectivity index (χ3n) is 4.27. The number of hydrogen-bond donors (Lipinski definition) is 4. The predicted molar refractivity (Wildman–Crippen MR) is 125 cm³/mol. The fourth-order valence-electron chi connectivity index (χ4n) is 2.88. The van der Waals surface area contributed by atoms with Crippen molar-refractivity contribution < 1.29 is 23.1 Å². The van der Waals surface area contributed by atoms with Gasteiger partial charge in [0.15, 0.2) is 5.13 Å². The molecule has 1 aromatic heterocycles. The number of aromatic hydroxyl groups is 1. The first-order valence-electron chi connectivity index (χ1n) is 9.64. The lowest BCUT2D eigenvalue weighted by Gasteiger charge is -2.13. The fourth-order valence-corrected chi connectivity index (χ4v) is 5.09. The Bertz CT molecular complexity index is 1220. The van der Waals surface area contributed by atoms with Crippen molar-refractivity contribution in [1.29, 1.82) is 0 Å². The smallest absolute Gasteiger partial charge is 0.321 e. The summed E-state index contributed by atoms with van der Waals surface area (Å²) in [6.07, 6.45) is 0. The van der Waals surface area contributed by atoms with Crippen LogP contribution >= 0.6 is 11.3 Å². The number of carbonyl (C=O) groups excluding carboxylic acids is 1. The van der Waals surface area contributed by atoms with Gasteiger partial charge in [-0.25, -0.2) is 18.2 Å². The number of nitrogens with zero attached hydrogens (tertiary/aromatic N) is 1. The monoisotopic (exact) mass is 476 g/mol. The standard InChI is InChI=1S/C21H24N4O5S2/c1-12(2)22-20(27)24-21-23-13(3)19(31-21)14-5-10-17(30-4)18(11-14)32(28,29)25-15-6-8-16(26)9-7-15/h5-12,25-26H,1-4H3,(H2,22,23,24,27).